The maximum Gasteiger partial charge on any atom is 0.253 e. The molecule has 1 aliphatic heterocycles. The summed E-state index contributed by atoms with van der Waals surface area (Å²) in [6.07, 6.45) is 2.14. The van der Waals surface area contributed by atoms with Gasteiger partial charge in [0.25, 0.3) is 5.91 Å². The first-order valence-corrected chi connectivity index (χ1v) is 11.6. The monoisotopic (exact) mass is 465 g/mol. The summed E-state index contributed by atoms with van der Waals surface area (Å²) < 4.78 is 30.2. The van der Waals surface area contributed by atoms with Crippen LogP contribution in [0.2, 0.25) is 5.02 Å². The number of alkyl halides is 1. The van der Waals surface area contributed by atoms with Crippen molar-refractivity contribution in [3.63, 3.8) is 0 Å². The molecule has 1 aromatic carbocycles. The highest BCUT2D eigenvalue weighted by molar-refractivity contribution is 6.45. The molecule has 33 heavy (non-hydrogen) atoms. The van der Waals surface area contributed by atoms with Crippen molar-refractivity contribution in [1.29, 1.82) is 0 Å². The van der Waals surface area contributed by atoms with Crippen molar-refractivity contribution < 1.29 is 13.6 Å². The van der Waals surface area contributed by atoms with Gasteiger partial charge in [-0.15, -0.1) is 0 Å². The van der Waals surface area contributed by atoms with Gasteiger partial charge in [-0.3, -0.25) is 9.78 Å². The number of piperidine rings is 1. The van der Waals surface area contributed by atoms with Gasteiger partial charge in [0.2, 0.25) is 0 Å². The Hall–Kier alpha value is -1.66. The average molecular weight is 465 g/mol. The molecule has 2 heterocycles. The van der Waals surface area contributed by atoms with Gasteiger partial charge in [-0.2, -0.15) is 0 Å². The van der Waals surface area contributed by atoms with Crippen LogP contribution in [0.25, 0.3) is 0 Å². The van der Waals surface area contributed by atoms with E-state index in [-0.39, 0.29) is 30.3 Å². The second-order valence-electron chi connectivity index (χ2n) is 10.9. The highest BCUT2D eigenvalue weighted by atomic mass is 35.5. The Kier molecular flexibility index (Phi) is 6.96. The zero-order valence-electron chi connectivity index (χ0n) is 20.5. The van der Waals surface area contributed by atoms with Crippen LogP contribution in [0, 0.1) is 12.7 Å². The number of hydrogen-bond acceptors (Lipinski definition) is 3. The number of halogens is 3. The SMILES string of the molecule is BC(B)(NC(B)(B)C1(F)CCN(C(=O)c2ccc(F)c(Cl)c2)C(B)(B)C1)c1ccc(C)cn1. The molecule has 2 aromatic rings. The molecule has 13 heteroatoms. The van der Waals surface area contributed by atoms with Crippen molar-refractivity contribution in [2.75, 3.05) is 6.54 Å². The van der Waals surface area contributed by atoms with Crippen LogP contribution >= 0.6 is 11.6 Å². The minimum absolute atomic E-state index is 0.104. The molecule has 1 aromatic heterocycles. The van der Waals surface area contributed by atoms with E-state index in [9.17, 15) is 9.18 Å². The number of nitrogens with one attached hydrogen (secondary N) is 1. The van der Waals surface area contributed by atoms with Gasteiger partial charge in [-0.1, -0.05) is 17.7 Å². The summed E-state index contributed by atoms with van der Waals surface area (Å²) in [5.41, 5.74) is 0.627. The van der Waals surface area contributed by atoms with Crippen molar-refractivity contribution in [3.8, 4) is 0 Å². The van der Waals surface area contributed by atoms with Gasteiger partial charge in [0.1, 0.15) is 58.6 Å². The smallest absolute Gasteiger partial charge is 0.253 e. The first kappa shape index (κ1) is 26.0. The number of carbonyl (C=O) groups is 1. The van der Waals surface area contributed by atoms with E-state index < -0.39 is 27.5 Å². The Morgan fingerprint density at radius 3 is 2.42 bits per heavy atom. The van der Waals surface area contributed by atoms with Gasteiger partial charge >= 0.3 is 0 Å². The van der Waals surface area contributed by atoms with Crippen molar-refractivity contribution >= 4 is 64.6 Å². The minimum atomic E-state index is -1.57. The first-order chi connectivity index (χ1) is 15.1. The molecule has 1 N–H and O–H groups in total. The predicted molar refractivity (Wildman–Crippen MR) is 146 cm³/mol. The molecule has 1 saturated heterocycles. The topological polar surface area (TPSA) is 45.2 Å². The van der Waals surface area contributed by atoms with E-state index >= 15 is 4.39 Å². The van der Waals surface area contributed by atoms with E-state index in [0.717, 1.165) is 11.3 Å². The second-order valence-corrected chi connectivity index (χ2v) is 11.3. The fraction of sp³-hybridized carbons (Fsp3) is 0.400. The van der Waals surface area contributed by atoms with Crippen LogP contribution in [0.5, 0.6) is 0 Å². The van der Waals surface area contributed by atoms with Crippen LogP contribution in [-0.2, 0) is 5.34 Å². The molecule has 0 aliphatic carbocycles. The van der Waals surface area contributed by atoms with Crippen LogP contribution in [0.3, 0.4) is 0 Å². The number of pyridine rings is 1. The van der Waals surface area contributed by atoms with E-state index in [4.69, 9.17) is 11.6 Å². The highest BCUT2D eigenvalue weighted by Crippen LogP contribution is 2.41. The molecule has 1 aliphatic rings. The number of benzene rings is 1. The Morgan fingerprint density at radius 1 is 1.21 bits per heavy atom. The van der Waals surface area contributed by atoms with E-state index in [0.29, 0.717) is 5.56 Å². The fourth-order valence-corrected chi connectivity index (χ4v) is 5.13. The van der Waals surface area contributed by atoms with Crippen molar-refractivity contribution in [1.82, 2.24) is 15.2 Å². The molecule has 168 valence electrons. The Labute approximate surface area is 205 Å². The normalized spacial score (nSPS) is 21.0. The molecule has 1 unspecified atom stereocenters. The number of aryl methyl sites for hydroxylation is 1. The summed E-state index contributed by atoms with van der Waals surface area (Å²) in [6.45, 7) is 2.22. The van der Waals surface area contributed by atoms with Crippen molar-refractivity contribution in [2.45, 2.75) is 41.4 Å². The average Bonchev–Trinajstić information content (AvgIpc) is 2.68. The first-order valence-electron chi connectivity index (χ1n) is 11.3. The summed E-state index contributed by atoms with van der Waals surface area (Å²) >= 11 is 5.87. The van der Waals surface area contributed by atoms with E-state index in [1.165, 1.54) is 18.2 Å². The van der Waals surface area contributed by atoms with Crippen LogP contribution in [0.15, 0.2) is 36.5 Å². The molecule has 0 spiro atoms. The summed E-state index contributed by atoms with van der Waals surface area (Å²) in [5, 5.41) is 1.20. The van der Waals surface area contributed by atoms with Crippen molar-refractivity contribution in [3.05, 3.63) is 64.2 Å². The fourth-order valence-electron chi connectivity index (χ4n) is 4.95. The second kappa shape index (κ2) is 8.84. The molecule has 1 fully saturated rings. The minimum Gasteiger partial charge on any atom is -0.349 e. The van der Waals surface area contributed by atoms with Crippen LogP contribution < -0.4 is 5.32 Å². The van der Waals surface area contributed by atoms with E-state index in [1.54, 1.807) is 4.90 Å². The number of nitrogens with zero attached hydrogens (tertiary/aromatic N) is 2. The van der Waals surface area contributed by atoms with Gasteiger partial charge in [-0.25, -0.2) is 8.78 Å². The summed E-state index contributed by atoms with van der Waals surface area (Å²) in [5.74, 6) is -0.855. The Bertz CT molecular complexity index is 1060. The number of carbonyl (C=O) groups excluding carboxylic acids is 1. The molecule has 1 atom stereocenters. The maximum absolute atomic E-state index is 16.6. The molecule has 4 nitrogen and oxygen atoms in total. The van der Waals surface area contributed by atoms with Crippen LogP contribution in [-0.4, -0.2) is 85.8 Å². The number of amides is 1. The summed E-state index contributed by atoms with van der Waals surface area (Å²) in [4.78, 5) is 19.4. The number of rotatable bonds is 5. The Morgan fingerprint density at radius 2 is 1.88 bits per heavy atom. The maximum atomic E-state index is 16.6. The van der Waals surface area contributed by atoms with Gasteiger partial charge in [0, 0.05) is 24.0 Å². The lowest BCUT2D eigenvalue weighted by molar-refractivity contribution is 0.00906. The molecule has 0 saturated carbocycles. The highest BCUT2D eigenvalue weighted by Gasteiger charge is 2.54. The van der Waals surface area contributed by atoms with Gasteiger partial charge in [0.15, 0.2) is 0 Å². The largest absolute Gasteiger partial charge is 0.349 e. The molecule has 0 bridgehead atoms. The zero-order valence-corrected chi connectivity index (χ0v) is 21.3. The molecule has 0 radical (unpaired) electrons. The van der Waals surface area contributed by atoms with Gasteiger partial charge < -0.3 is 10.2 Å². The van der Waals surface area contributed by atoms with E-state index in [1.807, 2.05) is 72.3 Å². The van der Waals surface area contributed by atoms with Gasteiger partial charge in [0.05, 0.1) is 5.02 Å². The lowest BCUT2D eigenvalue weighted by atomic mass is 9.43. The lowest BCUT2D eigenvalue weighted by Gasteiger charge is -2.55. The molecule has 3 rings (SSSR count). The van der Waals surface area contributed by atoms with E-state index in [2.05, 4.69) is 10.3 Å². The molecule has 1 amide bonds. The third-order valence-electron chi connectivity index (χ3n) is 6.88. The quantitative estimate of drug-likeness (QED) is 0.504. The molecular weight excluding hydrogens is 437 g/mol. The predicted octanol–water partition coefficient (Wildman–Crippen LogP) is -2.37. The zero-order chi connectivity index (χ0) is 24.8. The number of likely N-dealkylation sites (tertiary alicyclic amines) is 1. The number of aromatic nitrogens is 1. The van der Waals surface area contributed by atoms with Crippen LogP contribution in [0.1, 0.15) is 34.5 Å². The molecular formula is C20H28B6ClF2N3O. The van der Waals surface area contributed by atoms with Crippen LogP contribution in [0.4, 0.5) is 8.78 Å². The number of hydrogen-bond donors (Lipinski definition) is 1. The third-order valence-corrected chi connectivity index (χ3v) is 7.17. The third kappa shape index (κ3) is 5.22. The summed E-state index contributed by atoms with van der Waals surface area (Å²) in [7, 11) is 11.5. The lowest BCUT2D eigenvalue weighted by Crippen LogP contribution is -2.73. The van der Waals surface area contributed by atoms with Gasteiger partial charge in [-0.05, 0) is 65.6 Å². The standard InChI is InChI=1S/C20H28B6ClF2N3O/c1-11-2-5-15(30-9-11)19(23,24)31-20(25,26)17(29)6-7-32(18(21,22)10-17)16(33)12-3-4-14(28)13(27)8-12/h2-5,8-9,31H,6-7,10,21-26H2,1H3. The van der Waals surface area contributed by atoms with Crippen molar-refractivity contribution in [2.24, 2.45) is 0 Å². The summed E-state index contributed by atoms with van der Waals surface area (Å²) in [6, 6.07) is 7.89. The Balaban J connectivity index is 1.81.